The van der Waals surface area contributed by atoms with Crippen LogP contribution in [0.15, 0.2) is 59.0 Å². The van der Waals surface area contributed by atoms with E-state index < -0.39 is 0 Å². The largest absolute Gasteiger partial charge is 0.496 e. The summed E-state index contributed by atoms with van der Waals surface area (Å²) in [4.78, 5) is 25.9. The van der Waals surface area contributed by atoms with E-state index in [4.69, 9.17) is 17.2 Å². The van der Waals surface area contributed by atoms with Gasteiger partial charge in [-0.15, -0.1) is 0 Å². The highest BCUT2D eigenvalue weighted by atomic mass is 32.1. The van der Waals surface area contributed by atoms with Crippen LogP contribution >= 0.6 is 0 Å². The molecule has 0 heterocycles. The van der Waals surface area contributed by atoms with Crippen molar-refractivity contribution < 1.29 is 18.8 Å². The number of rotatable bonds is 8. The van der Waals surface area contributed by atoms with Gasteiger partial charge in [0.2, 0.25) is 0 Å². The standard InChI is InChI=1S/C26H33N3O3S/c1-4-29(5-2,26(31)28-33)21-17-15-20(16-18-21)24(19-11-7-6-8-12-19)27-25(30)22-13-9-10-14-23(22)32-3/h6-14,20-21,24H,4-5,15-18H2,1-3H3/p+1/t20-,21-,24?. The van der Waals surface area contributed by atoms with Crippen molar-refractivity contribution in [1.29, 1.82) is 0 Å². The van der Waals surface area contributed by atoms with Crippen LogP contribution in [-0.4, -0.2) is 42.7 Å². The Morgan fingerprint density at radius 1 is 1.03 bits per heavy atom. The fourth-order valence-electron chi connectivity index (χ4n) is 5.36. The second kappa shape index (κ2) is 11.5. The Morgan fingerprint density at radius 2 is 1.64 bits per heavy atom. The van der Waals surface area contributed by atoms with Crippen LogP contribution in [-0.2, 0) is 12.4 Å². The number of benzene rings is 2. The molecule has 1 unspecified atom stereocenters. The summed E-state index contributed by atoms with van der Waals surface area (Å²) in [7, 11) is 1.57. The van der Waals surface area contributed by atoms with Gasteiger partial charge in [0.05, 0.1) is 50.3 Å². The van der Waals surface area contributed by atoms with Crippen molar-refractivity contribution in [2.45, 2.75) is 51.6 Å². The minimum absolute atomic E-state index is 0.117. The zero-order chi connectivity index (χ0) is 23.8. The molecule has 33 heavy (non-hydrogen) atoms. The maximum Gasteiger partial charge on any atom is 0.454 e. The van der Waals surface area contributed by atoms with Crippen LogP contribution in [0, 0.1) is 5.92 Å². The number of ether oxygens (including phenoxy) is 1. The molecule has 1 fully saturated rings. The molecule has 0 saturated heterocycles. The molecule has 2 aromatic rings. The van der Waals surface area contributed by atoms with E-state index >= 15 is 0 Å². The molecule has 0 bridgehead atoms. The van der Waals surface area contributed by atoms with Gasteiger partial charge in [0, 0.05) is 12.8 Å². The summed E-state index contributed by atoms with van der Waals surface area (Å²) >= 11 is 4.77. The van der Waals surface area contributed by atoms with E-state index in [2.05, 4.69) is 21.8 Å². The number of hydrogen-bond donors (Lipinski definition) is 1. The van der Waals surface area contributed by atoms with Gasteiger partial charge in [-0.3, -0.25) is 4.79 Å². The second-order valence-electron chi connectivity index (χ2n) is 8.67. The molecule has 0 aromatic heterocycles. The summed E-state index contributed by atoms with van der Waals surface area (Å²) in [5.41, 5.74) is 1.62. The maximum absolute atomic E-state index is 13.2. The molecule has 2 aromatic carbocycles. The van der Waals surface area contributed by atoms with Crippen LogP contribution in [0.2, 0.25) is 0 Å². The van der Waals surface area contributed by atoms with Crippen LogP contribution < -0.4 is 10.1 Å². The zero-order valence-corrected chi connectivity index (χ0v) is 20.5. The molecule has 176 valence electrons. The Balaban J connectivity index is 1.82. The van der Waals surface area contributed by atoms with E-state index in [1.165, 1.54) is 0 Å². The lowest BCUT2D eigenvalue weighted by molar-refractivity contribution is -0.873. The first-order chi connectivity index (χ1) is 16.0. The summed E-state index contributed by atoms with van der Waals surface area (Å²) < 4.78 is 9.33. The minimum Gasteiger partial charge on any atom is -0.496 e. The predicted octanol–water partition coefficient (Wildman–Crippen LogP) is 5.43. The molecular formula is C26H34N3O3S+. The van der Waals surface area contributed by atoms with Gasteiger partial charge in [-0.1, -0.05) is 46.8 Å². The summed E-state index contributed by atoms with van der Waals surface area (Å²) in [6.07, 6.45) is 3.63. The first-order valence-electron chi connectivity index (χ1n) is 11.7. The molecule has 3 rings (SSSR count). The Kier molecular flexibility index (Phi) is 8.69. The van der Waals surface area contributed by atoms with Crippen LogP contribution in [0.1, 0.15) is 61.5 Å². The zero-order valence-electron chi connectivity index (χ0n) is 19.7. The fourth-order valence-corrected chi connectivity index (χ4v) is 5.52. The molecule has 0 radical (unpaired) electrons. The number of para-hydroxylation sites is 1. The van der Waals surface area contributed by atoms with E-state index in [1.807, 2.05) is 44.2 Å². The van der Waals surface area contributed by atoms with Crippen molar-refractivity contribution in [2.24, 2.45) is 10.3 Å². The normalized spacial score (nSPS) is 19.4. The molecule has 0 spiro atoms. The van der Waals surface area contributed by atoms with E-state index in [1.54, 1.807) is 19.2 Å². The van der Waals surface area contributed by atoms with Gasteiger partial charge in [0.15, 0.2) is 0 Å². The summed E-state index contributed by atoms with van der Waals surface area (Å²) in [5.74, 6) is 0.689. The van der Waals surface area contributed by atoms with Gasteiger partial charge in [-0.2, -0.15) is 0 Å². The Morgan fingerprint density at radius 3 is 2.21 bits per heavy atom. The van der Waals surface area contributed by atoms with Crippen LogP contribution in [0.3, 0.4) is 0 Å². The first kappa shape index (κ1) is 25.0. The fraction of sp³-hybridized carbons (Fsp3) is 0.462. The Hall–Kier alpha value is -2.64. The van der Waals surface area contributed by atoms with Gasteiger partial charge in [0.1, 0.15) is 5.75 Å². The third-order valence-corrected chi connectivity index (χ3v) is 7.45. The van der Waals surface area contributed by atoms with E-state index in [9.17, 15) is 9.59 Å². The lowest BCUT2D eigenvalue weighted by Crippen LogP contribution is -2.59. The predicted molar refractivity (Wildman–Crippen MR) is 132 cm³/mol. The summed E-state index contributed by atoms with van der Waals surface area (Å²) in [6, 6.07) is 17.3. The van der Waals surface area contributed by atoms with Gasteiger partial charge < -0.3 is 10.1 Å². The number of hydrogen-bond acceptors (Lipinski definition) is 4. The number of carbonyl (C=O) groups excluding carboxylic acids is 2. The maximum atomic E-state index is 13.2. The number of quaternary nitrogens is 1. The Labute approximate surface area is 202 Å². The number of methoxy groups -OCH3 is 1. The van der Waals surface area contributed by atoms with Crippen LogP contribution in [0.4, 0.5) is 4.79 Å². The molecule has 1 aliphatic carbocycles. The first-order valence-corrected chi connectivity index (χ1v) is 12.1. The average Bonchev–Trinajstić information content (AvgIpc) is 2.88. The van der Waals surface area contributed by atoms with Gasteiger partial charge in [-0.05, 0) is 50.3 Å². The second-order valence-corrected chi connectivity index (χ2v) is 8.85. The molecule has 6 nitrogen and oxygen atoms in total. The third kappa shape index (κ3) is 5.31. The van der Waals surface area contributed by atoms with Gasteiger partial charge in [-0.25, -0.2) is 9.28 Å². The number of urea groups is 1. The van der Waals surface area contributed by atoms with E-state index in [-0.39, 0.29) is 29.9 Å². The molecule has 7 heteroatoms. The molecule has 0 aliphatic heterocycles. The van der Waals surface area contributed by atoms with Gasteiger partial charge in [0.25, 0.3) is 5.91 Å². The molecule has 1 atom stereocenters. The van der Waals surface area contributed by atoms with Crippen LogP contribution in [0.5, 0.6) is 5.75 Å². The van der Waals surface area contributed by atoms with Crippen molar-refractivity contribution in [1.82, 2.24) is 5.32 Å². The lowest BCUT2D eigenvalue weighted by Gasteiger charge is -2.43. The smallest absolute Gasteiger partial charge is 0.454 e. The molecule has 1 saturated carbocycles. The van der Waals surface area contributed by atoms with Crippen LogP contribution in [0.25, 0.3) is 0 Å². The Bertz CT molecular complexity index is 954. The van der Waals surface area contributed by atoms with Crippen molar-refractivity contribution in [3.05, 3.63) is 65.7 Å². The summed E-state index contributed by atoms with van der Waals surface area (Å²) in [5, 5.41) is 3.28. The summed E-state index contributed by atoms with van der Waals surface area (Å²) in [6.45, 7) is 5.46. The average molecular weight is 469 g/mol. The highest BCUT2D eigenvalue weighted by Crippen LogP contribution is 2.39. The highest BCUT2D eigenvalue weighted by Gasteiger charge is 2.44. The highest BCUT2D eigenvalue weighted by molar-refractivity contribution is 7.47. The van der Waals surface area contributed by atoms with Crippen molar-refractivity contribution in [2.75, 3.05) is 20.2 Å². The topological polar surface area (TPSA) is 67.8 Å². The number of nitrogens with one attached hydrogen (secondary N) is 1. The number of carbonyl (C=O) groups is 2. The quantitative estimate of drug-likeness (QED) is 0.525. The molecular weight excluding hydrogens is 434 g/mol. The van der Waals surface area contributed by atoms with E-state index in [0.717, 1.165) is 31.2 Å². The monoisotopic (exact) mass is 468 g/mol. The molecule has 1 N–H and O–H groups in total. The number of amides is 3. The third-order valence-electron chi connectivity index (χ3n) is 7.30. The van der Waals surface area contributed by atoms with Crippen molar-refractivity contribution in [3.63, 3.8) is 0 Å². The van der Waals surface area contributed by atoms with Crippen molar-refractivity contribution in [3.8, 4) is 5.75 Å². The molecule has 3 amide bonds. The van der Waals surface area contributed by atoms with E-state index in [0.29, 0.717) is 28.9 Å². The lowest BCUT2D eigenvalue weighted by atomic mass is 9.78. The van der Waals surface area contributed by atoms with Gasteiger partial charge >= 0.3 is 6.03 Å². The number of nitrogens with zero attached hydrogens (tertiary/aromatic N) is 2. The molecule has 1 aliphatic rings. The van der Waals surface area contributed by atoms with Crippen molar-refractivity contribution >= 4 is 24.4 Å². The SMILES string of the molecule is CC[N+](CC)(C(=O)N=S)[C@H]1CC[C@H](C(NC(=O)c2ccccc2OC)c2ccccc2)CC1. The minimum atomic E-state index is -0.206.